The number of halogens is 1. The largest absolute Gasteiger partial charge is 0.465 e. The minimum atomic E-state index is -0.355. The molecule has 2 N–H and O–H groups in total. The highest BCUT2D eigenvalue weighted by molar-refractivity contribution is 5.97. The number of nitrogens with zero attached hydrogens (tertiary/aromatic N) is 4. The van der Waals surface area contributed by atoms with Crippen LogP contribution in [-0.2, 0) is 24.1 Å². The first-order valence-electron chi connectivity index (χ1n) is 10.9. The molecule has 4 aromatic rings. The second kappa shape index (κ2) is 10.0. The zero-order chi connectivity index (χ0) is 22.8. The summed E-state index contributed by atoms with van der Waals surface area (Å²) in [4.78, 5) is 17.1. The fourth-order valence-electron chi connectivity index (χ4n) is 4.46. The van der Waals surface area contributed by atoms with Crippen molar-refractivity contribution in [3.63, 3.8) is 0 Å². The van der Waals surface area contributed by atoms with Crippen molar-refractivity contribution in [2.45, 2.75) is 32.7 Å². The van der Waals surface area contributed by atoms with E-state index in [0.717, 1.165) is 58.5 Å². The predicted octanol–water partition coefficient (Wildman–Crippen LogP) is 4.55. The van der Waals surface area contributed by atoms with Gasteiger partial charge in [-0.15, -0.1) is 17.5 Å². The molecule has 5 rings (SSSR count). The Morgan fingerprint density at radius 1 is 1.09 bits per heavy atom. The van der Waals surface area contributed by atoms with E-state index in [2.05, 4.69) is 61.3 Å². The van der Waals surface area contributed by atoms with Crippen LogP contribution in [0.15, 0.2) is 48.5 Å². The lowest BCUT2D eigenvalue weighted by atomic mass is 9.98. The third-order valence-corrected chi connectivity index (χ3v) is 6.06. The van der Waals surface area contributed by atoms with E-state index in [0.29, 0.717) is 23.6 Å². The predicted molar refractivity (Wildman–Crippen MR) is 132 cm³/mol. The number of carbonyl (C=O) groups is 1. The summed E-state index contributed by atoms with van der Waals surface area (Å²) in [6.45, 7) is 2.46. The number of hydrogen-bond acceptors (Lipinski definition) is 7. The Morgan fingerprint density at radius 2 is 1.85 bits per heavy atom. The summed E-state index contributed by atoms with van der Waals surface area (Å²) in [5, 5.41) is 17.8. The number of fused-ring (bicyclic) bond motifs is 1. The summed E-state index contributed by atoms with van der Waals surface area (Å²) in [5.74, 6) is 0.277. The number of carbonyl (C=O) groups excluding carboxylic acids is 1. The second-order valence-corrected chi connectivity index (χ2v) is 8.06. The van der Waals surface area contributed by atoms with Gasteiger partial charge in [0.2, 0.25) is 0 Å². The molecular formula is C25H25ClN6O2. The SMILES string of the molecule is COC(=O)c1c(C)nc2c(c1NCc1ccc(-c3ccccc3-c3nnn[nH]3)cc1)CCC2.Cl. The molecule has 2 aromatic carbocycles. The minimum absolute atomic E-state index is 0. The van der Waals surface area contributed by atoms with E-state index in [-0.39, 0.29) is 18.4 Å². The van der Waals surface area contributed by atoms with E-state index in [4.69, 9.17) is 4.74 Å². The monoisotopic (exact) mass is 476 g/mol. The van der Waals surface area contributed by atoms with Gasteiger partial charge in [-0.1, -0.05) is 48.5 Å². The van der Waals surface area contributed by atoms with Crippen molar-refractivity contribution in [1.82, 2.24) is 25.6 Å². The van der Waals surface area contributed by atoms with Crippen LogP contribution < -0.4 is 5.32 Å². The Labute approximate surface area is 203 Å². The molecule has 2 aromatic heterocycles. The molecule has 2 heterocycles. The number of esters is 1. The number of tetrazole rings is 1. The first kappa shape index (κ1) is 23.4. The highest BCUT2D eigenvalue weighted by atomic mass is 35.5. The van der Waals surface area contributed by atoms with Crippen molar-refractivity contribution in [3.8, 4) is 22.5 Å². The Balaban J connectivity index is 0.00000274. The first-order valence-corrected chi connectivity index (χ1v) is 10.9. The standard InChI is InChI=1S/C25H24N6O2.ClH/c1-15-22(25(32)33-2)23(20-8-5-9-21(20)27-15)26-14-16-10-12-17(13-11-16)18-6-3-4-7-19(18)24-28-30-31-29-24;/h3-4,6-7,10-13H,5,8-9,14H2,1-2H3,(H,26,27)(H,28,29,30,31);1H. The summed E-state index contributed by atoms with van der Waals surface area (Å²) >= 11 is 0. The number of aryl methyl sites for hydroxylation is 2. The molecule has 0 saturated heterocycles. The molecule has 174 valence electrons. The van der Waals surface area contributed by atoms with Gasteiger partial charge in [0.25, 0.3) is 0 Å². The van der Waals surface area contributed by atoms with Crippen LogP contribution in [0.3, 0.4) is 0 Å². The van der Waals surface area contributed by atoms with Gasteiger partial charge in [0.05, 0.1) is 18.5 Å². The van der Waals surface area contributed by atoms with Crippen LogP contribution in [0.1, 0.15) is 39.3 Å². The fourth-order valence-corrected chi connectivity index (χ4v) is 4.46. The number of H-pyrrole nitrogens is 1. The molecule has 1 aliphatic rings. The highest BCUT2D eigenvalue weighted by Gasteiger charge is 2.25. The number of aromatic nitrogens is 5. The van der Waals surface area contributed by atoms with Crippen LogP contribution >= 0.6 is 12.4 Å². The van der Waals surface area contributed by atoms with E-state index >= 15 is 0 Å². The molecule has 0 amide bonds. The molecule has 0 atom stereocenters. The number of ether oxygens (including phenoxy) is 1. The van der Waals surface area contributed by atoms with Crippen molar-refractivity contribution in [2.24, 2.45) is 0 Å². The molecule has 8 nitrogen and oxygen atoms in total. The van der Waals surface area contributed by atoms with Crippen LogP contribution in [0, 0.1) is 6.92 Å². The van der Waals surface area contributed by atoms with Crippen molar-refractivity contribution in [3.05, 3.63) is 76.6 Å². The fraction of sp³-hybridized carbons (Fsp3) is 0.240. The van der Waals surface area contributed by atoms with E-state index in [1.165, 1.54) is 7.11 Å². The van der Waals surface area contributed by atoms with Crippen molar-refractivity contribution in [2.75, 3.05) is 12.4 Å². The summed E-state index contributed by atoms with van der Waals surface area (Å²) in [6, 6.07) is 16.4. The van der Waals surface area contributed by atoms with Gasteiger partial charge < -0.3 is 10.1 Å². The van der Waals surface area contributed by atoms with E-state index in [9.17, 15) is 4.79 Å². The van der Waals surface area contributed by atoms with E-state index in [1.54, 1.807) is 0 Å². The maximum Gasteiger partial charge on any atom is 0.341 e. The number of nitrogens with one attached hydrogen (secondary N) is 2. The van der Waals surface area contributed by atoms with Crippen LogP contribution in [-0.4, -0.2) is 38.7 Å². The molecule has 0 spiro atoms. The van der Waals surface area contributed by atoms with Gasteiger partial charge in [0.15, 0.2) is 5.82 Å². The van der Waals surface area contributed by atoms with Gasteiger partial charge >= 0.3 is 5.97 Å². The first-order chi connectivity index (χ1) is 16.2. The molecule has 1 aliphatic carbocycles. The van der Waals surface area contributed by atoms with Gasteiger partial charge in [-0.25, -0.2) is 9.89 Å². The topological polar surface area (TPSA) is 106 Å². The third kappa shape index (κ3) is 4.36. The van der Waals surface area contributed by atoms with E-state index < -0.39 is 0 Å². The lowest BCUT2D eigenvalue weighted by Gasteiger charge is -2.17. The van der Waals surface area contributed by atoms with Crippen LogP contribution in [0.5, 0.6) is 0 Å². The Morgan fingerprint density at radius 3 is 2.56 bits per heavy atom. The lowest BCUT2D eigenvalue weighted by molar-refractivity contribution is 0.0600. The molecule has 0 bridgehead atoms. The summed E-state index contributed by atoms with van der Waals surface area (Å²) in [6.07, 6.45) is 2.91. The maximum atomic E-state index is 12.5. The van der Waals surface area contributed by atoms with Crippen LogP contribution in [0.25, 0.3) is 22.5 Å². The van der Waals surface area contributed by atoms with Gasteiger partial charge in [-0.05, 0) is 58.9 Å². The van der Waals surface area contributed by atoms with Gasteiger partial charge in [-0.2, -0.15) is 0 Å². The quantitative estimate of drug-likeness (QED) is 0.393. The average Bonchev–Trinajstić information content (AvgIpc) is 3.54. The van der Waals surface area contributed by atoms with Crippen LogP contribution in [0.2, 0.25) is 0 Å². The molecule has 0 radical (unpaired) electrons. The molecule has 9 heteroatoms. The number of rotatable bonds is 6. The van der Waals surface area contributed by atoms with Gasteiger partial charge in [0.1, 0.15) is 5.56 Å². The van der Waals surface area contributed by atoms with E-state index in [1.807, 2.05) is 25.1 Å². The Kier molecular flexibility index (Phi) is 6.88. The zero-order valence-electron chi connectivity index (χ0n) is 19.0. The summed E-state index contributed by atoms with van der Waals surface area (Å²) in [5.41, 5.74) is 8.47. The number of methoxy groups -OCH3 is 1. The van der Waals surface area contributed by atoms with Crippen molar-refractivity contribution < 1.29 is 9.53 Å². The van der Waals surface area contributed by atoms with Crippen molar-refractivity contribution in [1.29, 1.82) is 0 Å². The maximum absolute atomic E-state index is 12.5. The normalized spacial score (nSPS) is 12.1. The molecule has 0 saturated carbocycles. The molecular weight excluding hydrogens is 452 g/mol. The smallest absolute Gasteiger partial charge is 0.341 e. The van der Waals surface area contributed by atoms with Crippen molar-refractivity contribution >= 4 is 24.1 Å². The lowest BCUT2D eigenvalue weighted by Crippen LogP contribution is -2.14. The van der Waals surface area contributed by atoms with Crippen LogP contribution in [0.4, 0.5) is 5.69 Å². The number of pyridine rings is 1. The average molecular weight is 477 g/mol. The minimum Gasteiger partial charge on any atom is -0.465 e. The highest BCUT2D eigenvalue weighted by Crippen LogP contribution is 2.34. The molecule has 0 unspecified atom stereocenters. The number of aromatic amines is 1. The van der Waals surface area contributed by atoms with Gasteiger partial charge in [-0.3, -0.25) is 4.98 Å². The zero-order valence-corrected chi connectivity index (χ0v) is 19.8. The number of benzene rings is 2. The summed E-state index contributed by atoms with van der Waals surface area (Å²) < 4.78 is 5.04. The number of anilines is 1. The molecule has 0 fully saturated rings. The molecule has 0 aliphatic heterocycles. The Bertz CT molecular complexity index is 1310. The molecule has 34 heavy (non-hydrogen) atoms. The Hall–Kier alpha value is -3.78. The number of hydrogen-bond donors (Lipinski definition) is 2. The summed E-state index contributed by atoms with van der Waals surface area (Å²) in [7, 11) is 1.41. The third-order valence-electron chi connectivity index (χ3n) is 6.06. The van der Waals surface area contributed by atoms with Gasteiger partial charge in [0, 0.05) is 17.8 Å². The second-order valence-electron chi connectivity index (χ2n) is 8.06.